The van der Waals surface area contributed by atoms with Crippen molar-refractivity contribution < 1.29 is 33.3 Å². The zero-order valence-corrected chi connectivity index (χ0v) is 23.0. The van der Waals surface area contributed by atoms with Gasteiger partial charge in [-0.25, -0.2) is 4.79 Å². The molecule has 1 aromatic rings. The molecule has 0 amide bonds. The number of hydrogen-bond acceptors (Lipinski definition) is 7. The van der Waals surface area contributed by atoms with Crippen LogP contribution in [-0.2, 0) is 33.3 Å². The number of esters is 3. The van der Waals surface area contributed by atoms with Crippen LogP contribution >= 0.6 is 0 Å². The van der Waals surface area contributed by atoms with E-state index in [4.69, 9.17) is 18.9 Å². The monoisotopic (exact) mass is 512 g/mol. The molecule has 1 saturated heterocycles. The van der Waals surface area contributed by atoms with Gasteiger partial charge < -0.3 is 18.9 Å². The molecule has 1 aliphatic heterocycles. The van der Waals surface area contributed by atoms with Gasteiger partial charge in [0, 0.05) is 13.0 Å². The molecular formula is C30H40O7. The van der Waals surface area contributed by atoms with E-state index in [9.17, 15) is 14.4 Å². The average Bonchev–Trinajstić information content (AvgIpc) is 3.07. The van der Waals surface area contributed by atoms with Crippen LogP contribution < -0.4 is 0 Å². The number of ether oxygens (including phenoxy) is 4. The van der Waals surface area contributed by atoms with Crippen molar-refractivity contribution in [3.05, 3.63) is 42.0 Å². The van der Waals surface area contributed by atoms with Gasteiger partial charge in [0.15, 0.2) is 6.10 Å². The quantitative estimate of drug-likeness (QED) is 0.297. The maximum Gasteiger partial charge on any atom is 0.331 e. The van der Waals surface area contributed by atoms with E-state index in [2.05, 4.69) is 20.8 Å². The van der Waals surface area contributed by atoms with Crippen LogP contribution in [0, 0.1) is 23.2 Å². The van der Waals surface area contributed by atoms with Crippen LogP contribution in [0.5, 0.6) is 0 Å². The Hall–Kier alpha value is -2.67. The van der Waals surface area contributed by atoms with Gasteiger partial charge in [-0.3, -0.25) is 9.59 Å². The first-order valence-electron chi connectivity index (χ1n) is 13.3. The van der Waals surface area contributed by atoms with Crippen molar-refractivity contribution in [3.63, 3.8) is 0 Å². The minimum atomic E-state index is -0.932. The highest BCUT2D eigenvalue weighted by Crippen LogP contribution is 2.67. The second kappa shape index (κ2) is 9.90. The second-order valence-electron chi connectivity index (χ2n) is 12.0. The predicted octanol–water partition coefficient (Wildman–Crippen LogP) is 5.11. The van der Waals surface area contributed by atoms with Crippen molar-refractivity contribution in [2.75, 3.05) is 0 Å². The SMILES string of the molecule is CC(=O)O[C@H]1[C@@H](OC(=O)C(C)C)C[C@@H](C)[C@@]23C[C@@H](C[C@H](OC(=O)C=Cc4ccccc4)[C@]12C)C(C)(C)O3. The summed E-state index contributed by atoms with van der Waals surface area (Å²) >= 11 is 0. The molecule has 2 aliphatic carbocycles. The molecule has 0 unspecified atom stereocenters. The summed E-state index contributed by atoms with van der Waals surface area (Å²) < 4.78 is 25.0. The number of carbonyl (C=O) groups is 3. The molecule has 1 aromatic carbocycles. The standard InChI is InChI=1S/C30H40O7/c1-18(2)27(33)35-23-15-19(3)30-17-22(28(5,6)37-30)16-24(29(30,7)26(23)34-20(4)31)36-25(32)14-13-21-11-9-8-10-12-21/h8-14,18-19,22-24,26H,15-17H2,1-7H3/t19-,22-,23+,24+,26+,29-,30+/m1/s1. The Morgan fingerprint density at radius 2 is 1.70 bits per heavy atom. The molecule has 0 aromatic heterocycles. The van der Waals surface area contributed by atoms with Gasteiger partial charge >= 0.3 is 17.9 Å². The first kappa shape index (κ1) is 27.4. The van der Waals surface area contributed by atoms with Gasteiger partial charge in [0.25, 0.3) is 0 Å². The molecule has 1 heterocycles. The molecule has 4 rings (SSSR count). The summed E-state index contributed by atoms with van der Waals surface area (Å²) in [6.45, 7) is 13.1. The van der Waals surface area contributed by atoms with Gasteiger partial charge in [0.05, 0.1) is 22.5 Å². The Kier molecular flexibility index (Phi) is 7.32. The van der Waals surface area contributed by atoms with Crippen LogP contribution in [0.15, 0.2) is 36.4 Å². The van der Waals surface area contributed by atoms with E-state index in [1.54, 1.807) is 19.9 Å². The van der Waals surface area contributed by atoms with E-state index in [1.165, 1.54) is 13.0 Å². The fourth-order valence-corrected chi connectivity index (χ4v) is 6.84. The van der Waals surface area contributed by atoms with Gasteiger partial charge in [0.1, 0.15) is 12.2 Å². The molecule has 3 aliphatic rings. The Labute approximate surface area is 219 Å². The third-order valence-corrected chi connectivity index (χ3v) is 8.87. The highest BCUT2D eigenvalue weighted by molar-refractivity contribution is 5.87. The average molecular weight is 513 g/mol. The van der Waals surface area contributed by atoms with Gasteiger partial charge in [-0.05, 0) is 63.5 Å². The lowest BCUT2D eigenvalue weighted by Crippen LogP contribution is -2.71. The molecule has 7 atom stereocenters. The van der Waals surface area contributed by atoms with E-state index >= 15 is 0 Å². The van der Waals surface area contributed by atoms with E-state index in [1.807, 2.05) is 37.3 Å². The molecule has 202 valence electrons. The number of benzene rings is 1. The topological polar surface area (TPSA) is 88.1 Å². The minimum absolute atomic E-state index is 0.0279. The highest BCUT2D eigenvalue weighted by atomic mass is 16.6. The fourth-order valence-electron chi connectivity index (χ4n) is 6.84. The van der Waals surface area contributed by atoms with Gasteiger partial charge in [0.2, 0.25) is 0 Å². The van der Waals surface area contributed by atoms with E-state index in [0.29, 0.717) is 12.8 Å². The number of fused-ring (bicyclic) bond motifs is 1. The Bertz CT molecular complexity index is 1060. The van der Waals surface area contributed by atoms with Crippen LogP contribution in [0.2, 0.25) is 0 Å². The maximum absolute atomic E-state index is 13.1. The molecule has 37 heavy (non-hydrogen) atoms. The zero-order valence-electron chi connectivity index (χ0n) is 23.0. The molecule has 2 saturated carbocycles. The third-order valence-electron chi connectivity index (χ3n) is 8.87. The van der Waals surface area contributed by atoms with Crippen molar-refractivity contribution in [3.8, 4) is 0 Å². The summed E-state index contributed by atoms with van der Waals surface area (Å²) in [6, 6.07) is 9.53. The van der Waals surface area contributed by atoms with Crippen LogP contribution in [0.4, 0.5) is 0 Å². The first-order valence-corrected chi connectivity index (χ1v) is 13.3. The van der Waals surface area contributed by atoms with E-state index in [0.717, 1.165) is 12.0 Å². The Morgan fingerprint density at radius 1 is 1.03 bits per heavy atom. The van der Waals surface area contributed by atoms with E-state index < -0.39 is 46.9 Å². The smallest absolute Gasteiger partial charge is 0.331 e. The van der Waals surface area contributed by atoms with Crippen molar-refractivity contribution in [1.82, 2.24) is 0 Å². The lowest BCUT2D eigenvalue weighted by atomic mass is 9.49. The zero-order chi connectivity index (χ0) is 27.2. The molecule has 1 spiro atoms. The molecule has 7 nitrogen and oxygen atoms in total. The number of carbonyl (C=O) groups excluding carboxylic acids is 3. The largest absolute Gasteiger partial charge is 0.458 e. The summed E-state index contributed by atoms with van der Waals surface area (Å²) in [5.41, 5.74) is -1.20. The Morgan fingerprint density at radius 3 is 2.32 bits per heavy atom. The number of rotatable bonds is 6. The number of hydrogen-bond donors (Lipinski definition) is 0. The van der Waals surface area contributed by atoms with Crippen molar-refractivity contribution in [1.29, 1.82) is 0 Å². The van der Waals surface area contributed by atoms with Crippen LogP contribution in [0.25, 0.3) is 6.08 Å². The summed E-state index contributed by atoms with van der Waals surface area (Å²) in [4.78, 5) is 38.1. The third kappa shape index (κ3) is 4.83. The van der Waals surface area contributed by atoms with Crippen LogP contribution in [0.1, 0.15) is 73.3 Å². The Balaban J connectivity index is 1.73. The molecule has 7 heteroatoms. The van der Waals surface area contributed by atoms with E-state index in [-0.39, 0.29) is 23.7 Å². The highest BCUT2D eigenvalue weighted by Gasteiger charge is 2.75. The minimum Gasteiger partial charge on any atom is -0.458 e. The molecular weight excluding hydrogens is 472 g/mol. The van der Waals surface area contributed by atoms with Gasteiger partial charge in [-0.1, -0.05) is 51.1 Å². The maximum atomic E-state index is 13.1. The van der Waals surface area contributed by atoms with Gasteiger partial charge in [-0.15, -0.1) is 0 Å². The fraction of sp³-hybridized carbons (Fsp3) is 0.633. The second-order valence-corrected chi connectivity index (χ2v) is 12.0. The van der Waals surface area contributed by atoms with Crippen LogP contribution in [0.3, 0.4) is 0 Å². The first-order chi connectivity index (χ1) is 17.3. The lowest BCUT2D eigenvalue weighted by molar-refractivity contribution is -0.285. The lowest BCUT2D eigenvalue weighted by Gasteiger charge is -2.61. The van der Waals surface area contributed by atoms with Crippen molar-refractivity contribution in [2.45, 2.75) is 97.2 Å². The molecule has 0 N–H and O–H groups in total. The molecule has 0 radical (unpaired) electrons. The molecule has 2 bridgehead atoms. The molecule has 3 fully saturated rings. The summed E-state index contributed by atoms with van der Waals surface area (Å²) in [5, 5.41) is 0. The summed E-state index contributed by atoms with van der Waals surface area (Å²) in [7, 11) is 0. The van der Waals surface area contributed by atoms with Gasteiger partial charge in [-0.2, -0.15) is 0 Å². The van der Waals surface area contributed by atoms with Crippen LogP contribution in [-0.4, -0.2) is 47.4 Å². The summed E-state index contributed by atoms with van der Waals surface area (Å²) in [6.07, 6.45) is 2.86. The summed E-state index contributed by atoms with van der Waals surface area (Å²) in [5.74, 6) is -1.50. The van der Waals surface area contributed by atoms with Crippen molar-refractivity contribution in [2.24, 2.45) is 23.2 Å². The normalized spacial score (nSPS) is 36.2. The van der Waals surface area contributed by atoms with Crippen molar-refractivity contribution >= 4 is 24.0 Å². The predicted molar refractivity (Wildman–Crippen MR) is 138 cm³/mol.